The van der Waals surface area contributed by atoms with Crippen LogP contribution in [-0.2, 0) is 19.1 Å². The number of ether oxygens (including phenoxy) is 2. The molecule has 0 aliphatic heterocycles. The van der Waals surface area contributed by atoms with Crippen LogP contribution >= 0.6 is 0 Å². The standard InChI is InChI=1S/C79H128O5/c1-3-5-7-9-11-13-15-17-19-21-23-25-27-29-31-33-35-37-39-41-43-45-47-49-51-53-55-57-59-61-63-65-67-69-71-73-78(81)83-76-77(75-80)84-79(82)74-72-70-68-66-64-62-60-58-56-54-52-50-48-46-44-42-40-38-36-34-32-30-28-26-24-22-20-18-16-14-12-10-8-6-4-2/h5-8,11-14,17-20,23-26,29-32,36,38,42,44,48,50,54,56,77,80H,3-4,9-10,15-16,21-22,27-28,33-35,37,39-41,43,45-47,49,51-53,55,57-76H2,1-2H3/b7-5-,8-6-,13-11-,14-12-,19-17-,20-18-,25-23-,26-24-,31-29-,32-30-,38-36-,44-42-,50-48-,56-54-. The molecule has 0 rings (SSSR count). The molecule has 0 heterocycles. The predicted molar refractivity (Wildman–Crippen MR) is 370 cm³/mol. The third-order valence-electron chi connectivity index (χ3n) is 14.5. The van der Waals surface area contributed by atoms with Gasteiger partial charge in [-0.2, -0.15) is 0 Å². The van der Waals surface area contributed by atoms with Crippen LogP contribution in [0.4, 0.5) is 0 Å². The Morgan fingerprint density at radius 1 is 0.274 bits per heavy atom. The number of allylic oxidation sites excluding steroid dienone is 28. The summed E-state index contributed by atoms with van der Waals surface area (Å²) in [5, 5.41) is 9.70. The van der Waals surface area contributed by atoms with E-state index in [0.29, 0.717) is 12.8 Å². The molecule has 0 aromatic rings. The summed E-state index contributed by atoms with van der Waals surface area (Å²) >= 11 is 0. The van der Waals surface area contributed by atoms with Crippen LogP contribution in [0.5, 0.6) is 0 Å². The monoisotopic (exact) mass is 1160 g/mol. The molecule has 0 spiro atoms. The van der Waals surface area contributed by atoms with Crippen molar-refractivity contribution in [3.63, 3.8) is 0 Å². The average molecular weight is 1160 g/mol. The topological polar surface area (TPSA) is 72.8 Å². The fraction of sp³-hybridized carbons (Fsp3) is 0.620. The van der Waals surface area contributed by atoms with E-state index in [1.54, 1.807) is 0 Å². The Kier molecular flexibility index (Phi) is 68.4. The molecule has 0 radical (unpaired) electrons. The number of aliphatic hydroxyl groups is 1. The minimum absolute atomic E-state index is 0.0777. The molecule has 474 valence electrons. The zero-order valence-electron chi connectivity index (χ0n) is 54.4. The second kappa shape index (κ2) is 72.5. The average Bonchev–Trinajstić information content (AvgIpc) is 3.51. The first-order chi connectivity index (χ1) is 41.6. The van der Waals surface area contributed by atoms with E-state index in [9.17, 15) is 14.7 Å². The van der Waals surface area contributed by atoms with E-state index in [2.05, 4.69) is 184 Å². The van der Waals surface area contributed by atoms with E-state index in [4.69, 9.17) is 9.47 Å². The highest BCUT2D eigenvalue weighted by atomic mass is 16.6. The van der Waals surface area contributed by atoms with E-state index < -0.39 is 6.10 Å². The van der Waals surface area contributed by atoms with E-state index in [0.717, 1.165) is 135 Å². The largest absolute Gasteiger partial charge is 0.462 e. The minimum atomic E-state index is -0.790. The number of esters is 2. The van der Waals surface area contributed by atoms with Gasteiger partial charge in [0.1, 0.15) is 6.61 Å². The zero-order chi connectivity index (χ0) is 60.5. The maximum Gasteiger partial charge on any atom is 0.306 e. The van der Waals surface area contributed by atoms with E-state index >= 15 is 0 Å². The highest BCUT2D eigenvalue weighted by molar-refractivity contribution is 5.70. The first-order valence-corrected chi connectivity index (χ1v) is 34.7. The lowest BCUT2D eigenvalue weighted by atomic mass is 10.0. The lowest BCUT2D eigenvalue weighted by molar-refractivity contribution is -0.161. The lowest BCUT2D eigenvalue weighted by Gasteiger charge is -2.15. The molecule has 5 nitrogen and oxygen atoms in total. The van der Waals surface area contributed by atoms with Gasteiger partial charge in [0.2, 0.25) is 0 Å². The summed E-state index contributed by atoms with van der Waals surface area (Å²) in [4.78, 5) is 24.7. The summed E-state index contributed by atoms with van der Waals surface area (Å²) in [6.45, 7) is 3.91. The van der Waals surface area contributed by atoms with E-state index in [1.807, 2.05) is 0 Å². The van der Waals surface area contributed by atoms with Gasteiger partial charge >= 0.3 is 11.9 Å². The summed E-state index contributed by atoms with van der Waals surface area (Å²) < 4.78 is 10.7. The third-order valence-corrected chi connectivity index (χ3v) is 14.5. The molecule has 0 aromatic heterocycles. The zero-order valence-corrected chi connectivity index (χ0v) is 54.4. The molecule has 0 amide bonds. The number of aliphatic hydroxyl groups excluding tert-OH is 1. The molecular formula is C79H128O5. The van der Waals surface area contributed by atoms with Crippen molar-refractivity contribution < 1.29 is 24.2 Å². The first-order valence-electron chi connectivity index (χ1n) is 34.7. The lowest BCUT2D eigenvalue weighted by Crippen LogP contribution is -2.28. The van der Waals surface area contributed by atoms with Gasteiger partial charge < -0.3 is 14.6 Å². The van der Waals surface area contributed by atoms with Gasteiger partial charge in [0.25, 0.3) is 0 Å². The third kappa shape index (κ3) is 69.8. The van der Waals surface area contributed by atoms with Crippen molar-refractivity contribution in [2.24, 2.45) is 0 Å². The number of carbonyl (C=O) groups excluding carboxylic acids is 2. The molecule has 0 aliphatic rings. The van der Waals surface area contributed by atoms with Gasteiger partial charge in [-0.1, -0.05) is 325 Å². The van der Waals surface area contributed by atoms with Crippen molar-refractivity contribution in [1.29, 1.82) is 0 Å². The number of unbranched alkanes of at least 4 members (excludes halogenated alkanes) is 26. The minimum Gasteiger partial charge on any atom is -0.462 e. The van der Waals surface area contributed by atoms with Crippen LogP contribution in [0.15, 0.2) is 170 Å². The second-order valence-electron chi connectivity index (χ2n) is 22.5. The predicted octanol–water partition coefficient (Wildman–Crippen LogP) is 24.4. The Morgan fingerprint density at radius 2 is 0.476 bits per heavy atom. The maximum atomic E-state index is 12.4. The summed E-state index contributed by atoms with van der Waals surface area (Å²) in [5.74, 6) is -0.604. The van der Waals surface area contributed by atoms with Crippen molar-refractivity contribution >= 4 is 11.9 Å². The second-order valence-corrected chi connectivity index (χ2v) is 22.5. The number of rotatable bonds is 62. The van der Waals surface area contributed by atoms with Crippen molar-refractivity contribution in [3.05, 3.63) is 170 Å². The van der Waals surface area contributed by atoms with Crippen LogP contribution in [0.1, 0.15) is 296 Å². The Labute approximate surface area is 519 Å². The molecule has 1 N–H and O–H groups in total. The molecular weight excluding hydrogens is 1030 g/mol. The molecule has 0 aromatic carbocycles. The van der Waals surface area contributed by atoms with Gasteiger partial charge in [0, 0.05) is 12.8 Å². The van der Waals surface area contributed by atoms with Crippen molar-refractivity contribution in [2.75, 3.05) is 13.2 Å². The van der Waals surface area contributed by atoms with Gasteiger partial charge in [-0.25, -0.2) is 0 Å². The molecule has 5 heteroatoms. The van der Waals surface area contributed by atoms with Crippen molar-refractivity contribution in [3.8, 4) is 0 Å². The number of hydrogen-bond donors (Lipinski definition) is 1. The van der Waals surface area contributed by atoms with Gasteiger partial charge in [0.15, 0.2) is 6.10 Å². The molecule has 1 unspecified atom stereocenters. The normalized spacial score (nSPS) is 13.3. The van der Waals surface area contributed by atoms with E-state index in [1.165, 1.54) is 135 Å². The molecule has 0 fully saturated rings. The number of carbonyl (C=O) groups is 2. The highest BCUT2D eigenvalue weighted by Gasteiger charge is 2.16. The van der Waals surface area contributed by atoms with Gasteiger partial charge in [0.05, 0.1) is 6.61 Å². The molecule has 0 saturated carbocycles. The molecule has 84 heavy (non-hydrogen) atoms. The van der Waals surface area contributed by atoms with Crippen LogP contribution in [-0.4, -0.2) is 36.4 Å². The fourth-order valence-corrected chi connectivity index (χ4v) is 9.40. The van der Waals surface area contributed by atoms with Crippen molar-refractivity contribution in [1.82, 2.24) is 0 Å². The summed E-state index contributed by atoms with van der Waals surface area (Å²) in [6, 6.07) is 0. The molecule has 0 aliphatic carbocycles. The van der Waals surface area contributed by atoms with Gasteiger partial charge in [-0.3, -0.25) is 9.59 Å². The molecule has 0 bridgehead atoms. The summed E-state index contributed by atoms with van der Waals surface area (Å²) in [7, 11) is 0. The van der Waals surface area contributed by atoms with Crippen LogP contribution in [0.3, 0.4) is 0 Å². The van der Waals surface area contributed by atoms with Crippen molar-refractivity contribution in [2.45, 2.75) is 302 Å². The van der Waals surface area contributed by atoms with Crippen LogP contribution in [0, 0.1) is 0 Å². The molecule has 1 atom stereocenters. The van der Waals surface area contributed by atoms with Gasteiger partial charge in [-0.05, 0) is 128 Å². The number of hydrogen-bond acceptors (Lipinski definition) is 5. The Balaban J connectivity index is 3.54. The Bertz CT molecular complexity index is 1840. The first kappa shape index (κ1) is 79.3. The fourth-order valence-electron chi connectivity index (χ4n) is 9.40. The summed E-state index contributed by atoms with van der Waals surface area (Å²) in [6.07, 6.45) is 112. The van der Waals surface area contributed by atoms with Gasteiger partial charge in [-0.15, -0.1) is 0 Å². The Morgan fingerprint density at radius 3 is 0.714 bits per heavy atom. The SMILES string of the molecule is CC/C=C\C/C=C\C/C=C\C/C=C\C/C=C\C/C=C\C/C=C\C/C=C\C/C=C\CCCCCCCCCC(=O)OC(CO)COC(=O)CCCCCCCCCCCCCCCCCCCCC/C=C\C/C=C\C/C=C\C/C=C\C/C=C\CC. The summed E-state index contributed by atoms with van der Waals surface area (Å²) in [5.41, 5.74) is 0. The van der Waals surface area contributed by atoms with Crippen LogP contribution in [0.2, 0.25) is 0 Å². The van der Waals surface area contributed by atoms with Crippen LogP contribution < -0.4 is 0 Å². The van der Waals surface area contributed by atoms with Crippen LogP contribution in [0.25, 0.3) is 0 Å². The maximum absolute atomic E-state index is 12.4. The quantitative estimate of drug-likeness (QED) is 0.0373. The highest BCUT2D eigenvalue weighted by Crippen LogP contribution is 2.17. The van der Waals surface area contributed by atoms with E-state index in [-0.39, 0.29) is 25.2 Å². The smallest absolute Gasteiger partial charge is 0.306 e. The Hall–Kier alpha value is -4.74. The molecule has 0 saturated heterocycles.